The summed E-state index contributed by atoms with van der Waals surface area (Å²) in [5.74, 6) is 0.334. The van der Waals surface area contributed by atoms with Crippen LogP contribution in [0.15, 0.2) is 107 Å². The molecule has 0 aliphatic heterocycles. The maximum absolute atomic E-state index is 10.1. The average molecular weight is 406 g/mol. The zero-order valence-electron chi connectivity index (χ0n) is 16.9. The summed E-state index contributed by atoms with van der Waals surface area (Å²) in [5, 5.41) is 20.3. The first kappa shape index (κ1) is 20.1. The maximum atomic E-state index is 10.1. The molecule has 4 rings (SSSR count). The highest BCUT2D eigenvalue weighted by Gasteiger charge is 2.04. The molecular formula is C27H22N2O2. The van der Waals surface area contributed by atoms with Crippen LogP contribution < -0.4 is 0 Å². The minimum absolute atomic E-state index is 0.167. The second-order valence-corrected chi connectivity index (χ2v) is 7.04. The lowest BCUT2D eigenvalue weighted by atomic mass is 10.0. The van der Waals surface area contributed by atoms with Crippen LogP contribution in [0.5, 0.6) is 11.5 Å². The third-order valence-corrected chi connectivity index (χ3v) is 4.89. The molecule has 4 heteroatoms. The fraction of sp³-hybridized carbons (Fsp3) is 0.0370. The molecule has 0 fully saturated rings. The molecule has 4 aromatic rings. The van der Waals surface area contributed by atoms with E-state index in [4.69, 9.17) is 0 Å². The zero-order valence-corrected chi connectivity index (χ0v) is 16.9. The Kier molecular flexibility index (Phi) is 6.19. The van der Waals surface area contributed by atoms with Crippen LogP contribution in [0.4, 0.5) is 0 Å². The van der Waals surface area contributed by atoms with Gasteiger partial charge in [-0.2, -0.15) is 0 Å². The van der Waals surface area contributed by atoms with Gasteiger partial charge in [-0.15, -0.1) is 0 Å². The summed E-state index contributed by atoms with van der Waals surface area (Å²) in [5.41, 5.74) is 5.42. The summed E-state index contributed by atoms with van der Waals surface area (Å²) in [4.78, 5) is 8.60. The zero-order chi connectivity index (χ0) is 21.5. The second-order valence-electron chi connectivity index (χ2n) is 7.04. The molecule has 0 radical (unpaired) electrons. The molecule has 4 aromatic carbocycles. The van der Waals surface area contributed by atoms with Crippen molar-refractivity contribution in [2.24, 2.45) is 9.98 Å². The van der Waals surface area contributed by atoms with Gasteiger partial charge in [0.2, 0.25) is 0 Å². The van der Waals surface area contributed by atoms with Crippen LogP contribution in [0.1, 0.15) is 11.1 Å². The third-order valence-electron chi connectivity index (χ3n) is 4.89. The number of rotatable bonds is 6. The molecule has 0 spiro atoms. The number of aromatic hydroxyl groups is 2. The van der Waals surface area contributed by atoms with Gasteiger partial charge >= 0.3 is 0 Å². The normalized spacial score (nSPS) is 11.4. The molecule has 2 N–H and O–H groups in total. The van der Waals surface area contributed by atoms with E-state index in [0.717, 1.165) is 22.3 Å². The van der Waals surface area contributed by atoms with Crippen molar-refractivity contribution in [1.29, 1.82) is 0 Å². The Hall–Kier alpha value is -4.18. The van der Waals surface area contributed by atoms with E-state index < -0.39 is 0 Å². The Bertz CT molecular complexity index is 1120. The minimum atomic E-state index is 0.167. The molecule has 152 valence electrons. The van der Waals surface area contributed by atoms with Crippen molar-refractivity contribution in [3.8, 4) is 33.8 Å². The summed E-state index contributed by atoms with van der Waals surface area (Å²) in [7, 11) is 0. The highest BCUT2D eigenvalue weighted by Crippen LogP contribution is 2.26. The van der Waals surface area contributed by atoms with E-state index in [1.54, 1.807) is 24.6 Å². The number of aliphatic imine (C=N–C) groups is 2. The van der Waals surface area contributed by atoms with Gasteiger partial charge in [0, 0.05) is 23.6 Å². The molecule has 0 unspecified atom stereocenters. The van der Waals surface area contributed by atoms with Crippen LogP contribution >= 0.6 is 0 Å². The molecule has 0 heterocycles. The number of benzene rings is 4. The van der Waals surface area contributed by atoms with Crippen molar-refractivity contribution in [3.05, 3.63) is 108 Å². The summed E-state index contributed by atoms with van der Waals surface area (Å²) >= 11 is 0. The molecule has 0 bridgehead atoms. The second kappa shape index (κ2) is 9.55. The van der Waals surface area contributed by atoms with Gasteiger partial charge in [0.05, 0.1) is 0 Å². The van der Waals surface area contributed by atoms with Gasteiger partial charge in [-0.3, -0.25) is 9.98 Å². The first-order valence-corrected chi connectivity index (χ1v) is 9.97. The van der Waals surface area contributed by atoms with Crippen LogP contribution in [-0.4, -0.2) is 29.3 Å². The number of phenolic OH excluding ortho intramolecular Hbond substituents is 2. The van der Waals surface area contributed by atoms with Crippen LogP contribution in [0.3, 0.4) is 0 Å². The van der Waals surface area contributed by atoms with E-state index in [9.17, 15) is 10.2 Å². The summed E-state index contributed by atoms with van der Waals surface area (Å²) in [6.45, 7) is 0.185. The van der Waals surface area contributed by atoms with Gasteiger partial charge in [-0.05, 0) is 46.5 Å². The molecule has 0 saturated heterocycles. The van der Waals surface area contributed by atoms with E-state index in [1.165, 1.54) is 0 Å². The van der Waals surface area contributed by atoms with Gasteiger partial charge in [0.25, 0.3) is 0 Å². The average Bonchev–Trinajstić information content (AvgIpc) is 2.82. The Morgan fingerprint density at radius 2 is 0.935 bits per heavy atom. The van der Waals surface area contributed by atoms with Crippen molar-refractivity contribution in [3.63, 3.8) is 0 Å². The van der Waals surface area contributed by atoms with Crippen molar-refractivity contribution in [2.45, 2.75) is 0 Å². The predicted molar refractivity (Wildman–Crippen MR) is 127 cm³/mol. The lowest BCUT2D eigenvalue weighted by Crippen LogP contribution is -1.88. The molecule has 4 nitrogen and oxygen atoms in total. The van der Waals surface area contributed by atoms with Crippen LogP contribution in [0.25, 0.3) is 22.3 Å². The first-order chi connectivity index (χ1) is 15.2. The monoisotopic (exact) mass is 406 g/mol. The summed E-state index contributed by atoms with van der Waals surface area (Å²) in [6.07, 6.45) is 3.22. The molecule has 0 aliphatic carbocycles. The van der Waals surface area contributed by atoms with E-state index in [-0.39, 0.29) is 18.2 Å². The van der Waals surface area contributed by atoms with E-state index in [1.807, 2.05) is 84.9 Å². The van der Waals surface area contributed by atoms with Gasteiger partial charge < -0.3 is 10.2 Å². The predicted octanol–water partition coefficient (Wildman–Crippen LogP) is 5.93. The summed E-state index contributed by atoms with van der Waals surface area (Å²) in [6, 6.07) is 30.8. The van der Waals surface area contributed by atoms with Crippen molar-refractivity contribution in [1.82, 2.24) is 0 Å². The van der Waals surface area contributed by atoms with Gasteiger partial charge in [0.15, 0.2) is 0 Å². The van der Waals surface area contributed by atoms with Gasteiger partial charge in [-0.1, -0.05) is 72.8 Å². The van der Waals surface area contributed by atoms with Crippen molar-refractivity contribution >= 4 is 12.4 Å². The number of hydrogen-bond donors (Lipinski definition) is 2. The molecule has 0 saturated carbocycles. The fourth-order valence-corrected chi connectivity index (χ4v) is 3.26. The van der Waals surface area contributed by atoms with Crippen LogP contribution in [0.2, 0.25) is 0 Å². The molecule has 0 aliphatic rings. The highest BCUT2D eigenvalue weighted by molar-refractivity contribution is 5.87. The van der Waals surface area contributed by atoms with Crippen LogP contribution in [-0.2, 0) is 0 Å². The van der Waals surface area contributed by atoms with Crippen LogP contribution in [0, 0.1) is 0 Å². The quantitative estimate of drug-likeness (QED) is 0.390. The lowest BCUT2D eigenvalue weighted by Gasteiger charge is -2.05. The Morgan fingerprint density at radius 3 is 1.35 bits per heavy atom. The summed E-state index contributed by atoms with van der Waals surface area (Å²) < 4.78 is 0. The van der Waals surface area contributed by atoms with E-state index >= 15 is 0 Å². The van der Waals surface area contributed by atoms with Crippen molar-refractivity contribution < 1.29 is 10.2 Å². The number of nitrogens with zero attached hydrogens (tertiary/aromatic N) is 2. The SMILES string of the molecule is Oc1ccc(-c2ccccc2)cc1C=NCN=Cc1cc(-c2ccccc2)ccc1O. The van der Waals surface area contributed by atoms with Crippen molar-refractivity contribution in [2.75, 3.05) is 6.67 Å². The molecule has 0 atom stereocenters. The Morgan fingerprint density at radius 1 is 0.516 bits per heavy atom. The third kappa shape index (κ3) is 5.06. The number of phenols is 2. The Balaban J connectivity index is 1.46. The molecule has 0 aromatic heterocycles. The minimum Gasteiger partial charge on any atom is -0.507 e. The number of hydrogen-bond acceptors (Lipinski definition) is 4. The first-order valence-electron chi connectivity index (χ1n) is 9.97. The standard InChI is InChI=1S/C27H22N2O2/c30-26-13-11-22(20-7-3-1-4-8-20)15-24(26)17-28-19-29-18-25-16-23(12-14-27(25)31)21-9-5-2-6-10-21/h1-18,30-31H,19H2. The van der Waals surface area contributed by atoms with Gasteiger partial charge in [-0.25, -0.2) is 0 Å². The lowest BCUT2D eigenvalue weighted by molar-refractivity contribution is 0.474. The van der Waals surface area contributed by atoms with Gasteiger partial charge in [0.1, 0.15) is 18.2 Å². The topological polar surface area (TPSA) is 65.2 Å². The van der Waals surface area contributed by atoms with E-state index in [2.05, 4.69) is 9.98 Å². The fourth-order valence-electron chi connectivity index (χ4n) is 3.26. The molecular weight excluding hydrogens is 384 g/mol. The smallest absolute Gasteiger partial charge is 0.129 e. The maximum Gasteiger partial charge on any atom is 0.129 e. The Labute approximate surface area is 181 Å². The highest BCUT2D eigenvalue weighted by atomic mass is 16.3. The largest absolute Gasteiger partial charge is 0.507 e. The molecule has 0 amide bonds. The molecule has 31 heavy (non-hydrogen) atoms. The van der Waals surface area contributed by atoms with E-state index in [0.29, 0.717) is 11.1 Å².